The van der Waals surface area contributed by atoms with Crippen LogP contribution in [0.1, 0.15) is 18.1 Å². The fourth-order valence-corrected chi connectivity index (χ4v) is 1.47. The van der Waals surface area contributed by atoms with Gasteiger partial charge in [-0.2, -0.15) is 0 Å². The number of hydrazine groups is 1. The number of amides is 2. The van der Waals surface area contributed by atoms with Crippen molar-refractivity contribution in [3.05, 3.63) is 53.6 Å². The second-order valence-electron chi connectivity index (χ2n) is 4.48. The number of nitrogens with one attached hydrogen (secondary N) is 2. The zero-order valence-corrected chi connectivity index (χ0v) is 12.5. The third kappa shape index (κ3) is 6.42. The zero-order valence-electron chi connectivity index (χ0n) is 12.5. The fourth-order valence-electron chi connectivity index (χ4n) is 1.47. The van der Waals surface area contributed by atoms with Crippen molar-refractivity contribution in [3.63, 3.8) is 0 Å². The minimum Gasteiger partial charge on any atom is -0.483 e. The summed E-state index contributed by atoms with van der Waals surface area (Å²) in [6.07, 6.45) is 6.39. The largest absolute Gasteiger partial charge is 0.483 e. The Morgan fingerprint density at radius 2 is 1.95 bits per heavy atom. The van der Waals surface area contributed by atoms with Gasteiger partial charge in [-0.1, -0.05) is 30.4 Å². The number of carbonyl (C=O) groups is 2. The van der Waals surface area contributed by atoms with Gasteiger partial charge in [-0.15, -0.1) is 0 Å². The monoisotopic (exact) mass is 288 g/mol. The van der Waals surface area contributed by atoms with Gasteiger partial charge in [-0.3, -0.25) is 20.4 Å². The van der Waals surface area contributed by atoms with E-state index in [1.54, 1.807) is 18.2 Å². The van der Waals surface area contributed by atoms with E-state index in [9.17, 15) is 9.59 Å². The van der Waals surface area contributed by atoms with Crippen molar-refractivity contribution >= 4 is 11.8 Å². The van der Waals surface area contributed by atoms with Gasteiger partial charge >= 0.3 is 0 Å². The van der Waals surface area contributed by atoms with Gasteiger partial charge in [0.1, 0.15) is 5.75 Å². The lowest BCUT2D eigenvalue weighted by Crippen LogP contribution is -2.43. The Morgan fingerprint density at radius 1 is 1.19 bits per heavy atom. The van der Waals surface area contributed by atoms with Crippen molar-refractivity contribution in [2.24, 2.45) is 0 Å². The molecule has 0 aliphatic rings. The number of benzene rings is 1. The number of hydrogen-bond acceptors (Lipinski definition) is 3. The summed E-state index contributed by atoms with van der Waals surface area (Å²) in [6, 6.07) is 5.76. The van der Waals surface area contributed by atoms with Crippen molar-refractivity contribution < 1.29 is 14.3 Å². The second kappa shape index (κ2) is 8.58. The number of ether oxygens (including phenoxy) is 1. The van der Waals surface area contributed by atoms with Crippen LogP contribution < -0.4 is 15.6 Å². The zero-order chi connectivity index (χ0) is 15.7. The molecule has 0 atom stereocenters. The highest BCUT2D eigenvalue weighted by Gasteiger charge is 2.05. The Kier molecular flexibility index (Phi) is 6.74. The highest BCUT2D eigenvalue weighted by Crippen LogP contribution is 2.18. The molecule has 0 saturated carbocycles. The molecule has 0 aliphatic heterocycles. The average Bonchev–Trinajstić information content (AvgIpc) is 2.46. The minimum absolute atomic E-state index is 0.164. The van der Waals surface area contributed by atoms with Crippen molar-refractivity contribution in [1.29, 1.82) is 0 Å². The molecule has 0 unspecified atom stereocenters. The topological polar surface area (TPSA) is 67.4 Å². The van der Waals surface area contributed by atoms with Gasteiger partial charge < -0.3 is 4.74 Å². The van der Waals surface area contributed by atoms with Gasteiger partial charge in [0.15, 0.2) is 6.61 Å². The summed E-state index contributed by atoms with van der Waals surface area (Å²) in [5, 5.41) is 0. The maximum Gasteiger partial charge on any atom is 0.276 e. The Bertz CT molecular complexity index is 563. The third-order valence-corrected chi connectivity index (χ3v) is 2.58. The van der Waals surface area contributed by atoms with Crippen LogP contribution in [0, 0.1) is 13.8 Å². The third-order valence-electron chi connectivity index (χ3n) is 2.58. The molecule has 0 bridgehead atoms. The summed E-state index contributed by atoms with van der Waals surface area (Å²) >= 11 is 0. The molecule has 1 aromatic rings. The van der Waals surface area contributed by atoms with Crippen LogP contribution in [-0.4, -0.2) is 18.4 Å². The van der Waals surface area contributed by atoms with E-state index in [0.717, 1.165) is 11.1 Å². The Balaban J connectivity index is 2.37. The van der Waals surface area contributed by atoms with E-state index in [1.807, 2.05) is 39.0 Å². The molecule has 0 aromatic heterocycles. The van der Waals surface area contributed by atoms with Crippen LogP contribution in [0.3, 0.4) is 0 Å². The molecule has 112 valence electrons. The van der Waals surface area contributed by atoms with Crippen LogP contribution in [0.25, 0.3) is 0 Å². The highest BCUT2D eigenvalue weighted by atomic mass is 16.5. The van der Waals surface area contributed by atoms with E-state index < -0.39 is 11.8 Å². The summed E-state index contributed by atoms with van der Waals surface area (Å²) in [6.45, 7) is 5.53. The molecule has 0 radical (unpaired) electrons. The van der Waals surface area contributed by atoms with Crippen molar-refractivity contribution in [2.75, 3.05) is 6.61 Å². The van der Waals surface area contributed by atoms with Crippen LogP contribution in [0.2, 0.25) is 0 Å². The molecule has 1 rings (SSSR count). The molecular formula is C16H20N2O3. The number of hydrogen-bond donors (Lipinski definition) is 2. The first-order valence-electron chi connectivity index (χ1n) is 6.61. The molecule has 2 N–H and O–H groups in total. The SMILES string of the molecule is CC=CC=CC(=O)NNC(=O)COc1cc(C)ccc1C. The minimum atomic E-state index is -0.427. The van der Waals surface area contributed by atoms with Crippen LogP contribution in [-0.2, 0) is 9.59 Å². The molecule has 0 fully saturated rings. The molecule has 5 nitrogen and oxygen atoms in total. The van der Waals surface area contributed by atoms with Crippen LogP contribution in [0.5, 0.6) is 5.75 Å². The van der Waals surface area contributed by atoms with E-state index in [2.05, 4.69) is 10.9 Å². The Morgan fingerprint density at radius 3 is 2.67 bits per heavy atom. The van der Waals surface area contributed by atoms with Crippen molar-refractivity contribution in [1.82, 2.24) is 10.9 Å². The highest BCUT2D eigenvalue weighted by molar-refractivity contribution is 5.90. The first-order valence-corrected chi connectivity index (χ1v) is 6.61. The van der Waals surface area contributed by atoms with E-state index in [1.165, 1.54) is 6.08 Å². The molecule has 0 spiro atoms. The van der Waals surface area contributed by atoms with Gasteiger partial charge in [0.25, 0.3) is 11.8 Å². The lowest BCUT2D eigenvalue weighted by molar-refractivity contribution is -0.128. The lowest BCUT2D eigenvalue weighted by Gasteiger charge is -2.10. The van der Waals surface area contributed by atoms with E-state index in [4.69, 9.17) is 4.74 Å². The summed E-state index contributed by atoms with van der Waals surface area (Å²) in [4.78, 5) is 22.9. The van der Waals surface area contributed by atoms with E-state index in [-0.39, 0.29) is 6.61 Å². The van der Waals surface area contributed by atoms with Gasteiger partial charge in [-0.25, -0.2) is 0 Å². The molecule has 21 heavy (non-hydrogen) atoms. The summed E-state index contributed by atoms with van der Waals surface area (Å²) in [5.74, 6) is -0.179. The standard InChI is InChI=1S/C16H20N2O3/c1-4-5-6-7-15(19)17-18-16(20)11-21-14-10-12(2)8-9-13(14)3/h4-10H,11H2,1-3H3,(H,17,19)(H,18,20). The quantitative estimate of drug-likeness (QED) is 0.494. The number of rotatable bonds is 5. The Labute approximate surface area is 124 Å². The lowest BCUT2D eigenvalue weighted by atomic mass is 10.1. The number of allylic oxidation sites excluding steroid dienone is 3. The first kappa shape index (κ1) is 16.5. The van der Waals surface area contributed by atoms with Gasteiger partial charge in [-0.05, 0) is 38.0 Å². The first-order chi connectivity index (χ1) is 10.0. The summed E-state index contributed by atoms with van der Waals surface area (Å²) in [7, 11) is 0. The van der Waals surface area contributed by atoms with E-state index in [0.29, 0.717) is 5.75 Å². The molecule has 0 saturated heterocycles. The molecule has 2 amide bonds. The van der Waals surface area contributed by atoms with Crippen LogP contribution in [0.4, 0.5) is 0 Å². The van der Waals surface area contributed by atoms with Crippen molar-refractivity contribution in [2.45, 2.75) is 20.8 Å². The molecular weight excluding hydrogens is 268 g/mol. The van der Waals surface area contributed by atoms with Gasteiger partial charge in [0, 0.05) is 6.08 Å². The van der Waals surface area contributed by atoms with Crippen molar-refractivity contribution in [3.8, 4) is 5.75 Å². The molecule has 5 heteroatoms. The molecule has 0 aliphatic carbocycles. The summed E-state index contributed by atoms with van der Waals surface area (Å²) < 4.78 is 5.42. The van der Waals surface area contributed by atoms with Crippen LogP contribution in [0.15, 0.2) is 42.5 Å². The normalized spacial score (nSPS) is 10.8. The maximum absolute atomic E-state index is 11.6. The van der Waals surface area contributed by atoms with Gasteiger partial charge in [0.05, 0.1) is 0 Å². The average molecular weight is 288 g/mol. The Hall–Kier alpha value is -2.56. The predicted molar refractivity (Wildman–Crippen MR) is 81.7 cm³/mol. The second-order valence-corrected chi connectivity index (χ2v) is 4.48. The predicted octanol–water partition coefficient (Wildman–Crippen LogP) is 1.96. The smallest absolute Gasteiger partial charge is 0.276 e. The van der Waals surface area contributed by atoms with Gasteiger partial charge in [0.2, 0.25) is 0 Å². The number of aryl methyl sites for hydroxylation is 2. The van der Waals surface area contributed by atoms with Crippen LogP contribution >= 0.6 is 0 Å². The summed E-state index contributed by atoms with van der Waals surface area (Å²) in [5.41, 5.74) is 6.54. The maximum atomic E-state index is 11.6. The molecule has 1 aromatic carbocycles. The van der Waals surface area contributed by atoms with E-state index >= 15 is 0 Å². The number of carbonyl (C=O) groups excluding carboxylic acids is 2. The molecule has 0 heterocycles. The fraction of sp³-hybridized carbons (Fsp3) is 0.250.